The third kappa shape index (κ3) is 6.62. The standard InChI is InChI=1S/C16H28NO6P/c1-7-12-14(23-24-21-9-8-17-6)13(11(2)22-12)19-10-20-15(18)16(3,4)5/h11-14,24H,7-10H2,1-5H3/t11-,12+,13+,14?/m0/s1. The second-order valence-corrected chi connectivity index (χ2v) is 7.31. The molecular formula is C16H28NO6P. The maximum atomic E-state index is 11.8. The molecule has 1 heterocycles. The number of hydrogen-bond acceptors (Lipinski definition) is 6. The molecule has 7 nitrogen and oxygen atoms in total. The molecule has 0 aromatic carbocycles. The maximum Gasteiger partial charge on any atom is 0.313 e. The summed E-state index contributed by atoms with van der Waals surface area (Å²) in [7, 11) is -0.179. The molecule has 24 heavy (non-hydrogen) atoms. The van der Waals surface area contributed by atoms with Gasteiger partial charge in [0.25, 0.3) is 0 Å². The van der Waals surface area contributed by atoms with E-state index in [0.29, 0.717) is 13.2 Å². The van der Waals surface area contributed by atoms with Crippen LogP contribution in [0.2, 0.25) is 0 Å². The fourth-order valence-electron chi connectivity index (χ4n) is 2.22. The van der Waals surface area contributed by atoms with Gasteiger partial charge in [0, 0.05) is 0 Å². The van der Waals surface area contributed by atoms with Crippen molar-refractivity contribution in [2.45, 2.75) is 65.5 Å². The Morgan fingerprint density at radius 2 is 2.04 bits per heavy atom. The first-order valence-electron chi connectivity index (χ1n) is 8.11. The largest absolute Gasteiger partial charge is 0.438 e. The van der Waals surface area contributed by atoms with Crippen LogP contribution in [-0.4, -0.2) is 50.3 Å². The van der Waals surface area contributed by atoms with E-state index in [9.17, 15) is 4.79 Å². The van der Waals surface area contributed by atoms with Gasteiger partial charge in [0.2, 0.25) is 6.54 Å². The molecule has 138 valence electrons. The monoisotopic (exact) mass is 361 g/mol. The Morgan fingerprint density at radius 1 is 1.33 bits per heavy atom. The van der Waals surface area contributed by atoms with Gasteiger partial charge in [-0.2, -0.15) is 0 Å². The minimum atomic E-state index is -0.568. The number of nitrogens with zero attached hydrogens (tertiary/aromatic N) is 1. The van der Waals surface area contributed by atoms with Crippen LogP contribution in [0.4, 0.5) is 0 Å². The summed E-state index contributed by atoms with van der Waals surface area (Å²) in [5.41, 5.74) is -0.568. The fraction of sp³-hybridized carbons (Fsp3) is 0.875. The van der Waals surface area contributed by atoms with Crippen LogP contribution in [0.3, 0.4) is 0 Å². The van der Waals surface area contributed by atoms with Crippen molar-refractivity contribution in [2.75, 3.05) is 19.9 Å². The molecule has 5 atom stereocenters. The lowest BCUT2D eigenvalue weighted by Gasteiger charge is -2.24. The van der Waals surface area contributed by atoms with Crippen LogP contribution < -0.4 is 0 Å². The number of esters is 1. The highest BCUT2D eigenvalue weighted by Gasteiger charge is 2.43. The molecule has 0 amide bonds. The van der Waals surface area contributed by atoms with Crippen molar-refractivity contribution in [2.24, 2.45) is 5.41 Å². The minimum Gasteiger partial charge on any atom is -0.438 e. The van der Waals surface area contributed by atoms with Crippen LogP contribution in [0.1, 0.15) is 41.0 Å². The molecule has 1 fully saturated rings. The second-order valence-electron chi connectivity index (χ2n) is 6.61. The molecular weight excluding hydrogens is 333 g/mol. The highest BCUT2D eigenvalue weighted by atomic mass is 31.1. The van der Waals surface area contributed by atoms with Gasteiger partial charge >= 0.3 is 5.97 Å². The molecule has 1 aliphatic heterocycles. The summed E-state index contributed by atoms with van der Waals surface area (Å²) in [5, 5.41) is 0. The number of carbonyl (C=O) groups is 1. The summed E-state index contributed by atoms with van der Waals surface area (Å²) < 4.78 is 27.8. The molecule has 0 spiro atoms. The van der Waals surface area contributed by atoms with E-state index in [4.69, 9.17) is 29.8 Å². The van der Waals surface area contributed by atoms with Gasteiger partial charge in [0.05, 0.1) is 17.6 Å². The predicted molar refractivity (Wildman–Crippen MR) is 90.5 cm³/mol. The van der Waals surface area contributed by atoms with E-state index in [1.807, 2.05) is 13.8 Å². The van der Waals surface area contributed by atoms with E-state index in [1.165, 1.54) is 0 Å². The van der Waals surface area contributed by atoms with Crippen LogP contribution in [-0.2, 0) is 28.1 Å². The molecule has 1 aliphatic rings. The lowest BCUT2D eigenvalue weighted by atomic mass is 9.98. The fourth-order valence-corrected chi connectivity index (χ4v) is 2.86. The Bertz CT molecular complexity index is 433. The summed E-state index contributed by atoms with van der Waals surface area (Å²) in [5.74, 6) is -0.317. The van der Waals surface area contributed by atoms with Gasteiger partial charge in [0.15, 0.2) is 15.8 Å². The van der Waals surface area contributed by atoms with Crippen LogP contribution in [0, 0.1) is 12.0 Å². The van der Waals surface area contributed by atoms with Gasteiger partial charge < -0.3 is 28.1 Å². The second kappa shape index (κ2) is 10.3. The van der Waals surface area contributed by atoms with Crippen molar-refractivity contribution < 1.29 is 28.1 Å². The Kier molecular flexibility index (Phi) is 9.11. The quantitative estimate of drug-likeness (QED) is 0.207. The smallest absolute Gasteiger partial charge is 0.313 e. The Morgan fingerprint density at radius 3 is 2.62 bits per heavy atom. The highest BCUT2D eigenvalue weighted by Crippen LogP contribution is 2.33. The van der Waals surface area contributed by atoms with Crippen LogP contribution in [0.5, 0.6) is 0 Å². The van der Waals surface area contributed by atoms with E-state index in [0.717, 1.165) is 6.42 Å². The third-order valence-corrected chi connectivity index (χ3v) is 4.25. The Labute approximate surface area is 146 Å². The van der Waals surface area contributed by atoms with Gasteiger partial charge in [-0.3, -0.25) is 4.79 Å². The number of carbonyl (C=O) groups excluding carboxylic acids is 1. The zero-order chi connectivity index (χ0) is 18.2. The average molecular weight is 361 g/mol. The van der Waals surface area contributed by atoms with Crippen LogP contribution in [0.25, 0.3) is 4.85 Å². The first-order chi connectivity index (χ1) is 11.3. The average Bonchev–Trinajstić information content (AvgIpc) is 2.82. The van der Waals surface area contributed by atoms with Crippen LogP contribution in [0.15, 0.2) is 0 Å². The molecule has 2 unspecified atom stereocenters. The van der Waals surface area contributed by atoms with E-state index in [2.05, 4.69) is 4.85 Å². The van der Waals surface area contributed by atoms with Gasteiger partial charge in [-0.15, -0.1) is 0 Å². The summed E-state index contributed by atoms with van der Waals surface area (Å²) in [6.45, 7) is 16.5. The number of ether oxygens (including phenoxy) is 3. The lowest BCUT2D eigenvalue weighted by Crippen LogP contribution is -2.36. The summed E-state index contributed by atoms with van der Waals surface area (Å²) in [6.07, 6.45) is -0.102. The zero-order valence-electron chi connectivity index (χ0n) is 15.0. The molecule has 0 aliphatic carbocycles. The van der Waals surface area contributed by atoms with E-state index < -0.39 is 5.41 Å². The molecule has 1 saturated heterocycles. The lowest BCUT2D eigenvalue weighted by molar-refractivity contribution is -0.174. The molecule has 0 saturated carbocycles. The van der Waals surface area contributed by atoms with Crippen molar-refractivity contribution in [3.05, 3.63) is 11.4 Å². The molecule has 1 rings (SSSR count). The summed E-state index contributed by atoms with van der Waals surface area (Å²) in [6, 6.07) is 0. The van der Waals surface area contributed by atoms with E-state index in [1.54, 1.807) is 20.8 Å². The van der Waals surface area contributed by atoms with Crippen LogP contribution >= 0.6 is 9.03 Å². The molecule has 0 N–H and O–H groups in total. The predicted octanol–water partition coefficient (Wildman–Crippen LogP) is 2.95. The summed E-state index contributed by atoms with van der Waals surface area (Å²) in [4.78, 5) is 15.0. The molecule has 0 aromatic rings. The van der Waals surface area contributed by atoms with E-state index >= 15 is 0 Å². The topological polar surface area (TPSA) is 67.6 Å². The Balaban J connectivity index is 2.48. The molecule has 0 radical (unpaired) electrons. The highest BCUT2D eigenvalue weighted by molar-refractivity contribution is 7.26. The number of rotatable bonds is 9. The van der Waals surface area contributed by atoms with Crippen molar-refractivity contribution >= 4 is 15.0 Å². The van der Waals surface area contributed by atoms with Crippen molar-refractivity contribution in [1.29, 1.82) is 0 Å². The van der Waals surface area contributed by atoms with Crippen molar-refractivity contribution in [1.82, 2.24) is 0 Å². The maximum absolute atomic E-state index is 11.8. The van der Waals surface area contributed by atoms with Gasteiger partial charge in [-0.1, -0.05) is 6.92 Å². The van der Waals surface area contributed by atoms with Gasteiger partial charge in [-0.25, -0.2) is 6.57 Å². The van der Waals surface area contributed by atoms with Gasteiger partial charge in [-0.05, 0) is 34.1 Å². The SMILES string of the molecule is [C-]#[N+]CCOPOC1[C@@H](CC)O[C@@H](C)[C@H]1OCOC(=O)C(C)(C)C. The minimum absolute atomic E-state index is 0.0970. The van der Waals surface area contributed by atoms with E-state index in [-0.39, 0.29) is 46.2 Å². The first kappa shape index (κ1) is 21.3. The zero-order valence-corrected chi connectivity index (χ0v) is 16.0. The number of hydrogen-bond donors (Lipinski definition) is 0. The summed E-state index contributed by atoms with van der Waals surface area (Å²) >= 11 is 0. The molecule has 8 heteroatoms. The van der Waals surface area contributed by atoms with Gasteiger partial charge in [0.1, 0.15) is 18.8 Å². The first-order valence-corrected chi connectivity index (χ1v) is 8.92. The van der Waals surface area contributed by atoms with Crippen molar-refractivity contribution in [3.8, 4) is 0 Å². The normalized spacial score (nSPS) is 27.5. The van der Waals surface area contributed by atoms with Crippen molar-refractivity contribution in [3.63, 3.8) is 0 Å². The molecule has 0 bridgehead atoms. The third-order valence-electron chi connectivity index (χ3n) is 3.56. The molecule has 0 aromatic heterocycles. The Hall–Kier alpha value is -0.770.